The molecule has 6 rings (SSSR count). The number of ether oxygens (including phenoxy) is 2. The summed E-state index contributed by atoms with van der Waals surface area (Å²) in [5.74, 6) is -0.373. The summed E-state index contributed by atoms with van der Waals surface area (Å²) in [6, 6.07) is 5.21. The maximum absolute atomic E-state index is 13.2. The second-order valence-corrected chi connectivity index (χ2v) is 13.4. The molecule has 1 aromatic heterocycles. The van der Waals surface area contributed by atoms with E-state index < -0.39 is 41.1 Å². The SMILES string of the molecule is COc1c(CC(NC(=O)Cn2cc([N+](=O)[O-])cn2)B2O[C@@H]3C[C@@H]4C[C@@H](C4(C)C)[C@]3(C)O2)cccc1C(=O)OC(C)(C)C. The number of hydrogen-bond donors (Lipinski definition) is 1. The molecular formula is C29H39BN4O8. The van der Waals surface area contributed by atoms with E-state index in [9.17, 15) is 19.7 Å². The van der Waals surface area contributed by atoms with E-state index in [1.54, 1.807) is 32.9 Å². The maximum atomic E-state index is 13.2. The van der Waals surface area contributed by atoms with Crippen molar-refractivity contribution in [3.63, 3.8) is 0 Å². The molecule has 1 amide bonds. The van der Waals surface area contributed by atoms with E-state index in [0.29, 0.717) is 23.1 Å². The van der Waals surface area contributed by atoms with Gasteiger partial charge in [-0.1, -0.05) is 26.0 Å². The third kappa shape index (κ3) is 5.51. The van der Waals surface area contributed by atoms with Crippen LogP contribution in [0.25, 0.3) is 0 Å². The molecule has 1 saturated heterocycles. The van der Waals surface area contributed by atoms with Crippen LogP contribution < -0.4 is 10.1 Å². The lowest BCUT2D eigenvalue weighted by Crippen LogP contribution is -2.65. The van der Waals surface area contributed by atoms with Gasteiger partial charge in [0.25, 0.3) is 0 Å². The number of rotatable bonds is 9. The smallest absolute Gasteiger partial charge is 0.482 e. The highest BCUT2D eigenvalue weighted by atomic mass is 16.7. The van der Waals surface area contributed by atoms with Gasteiger partial charge in [-0.3, -0.25) is 19.6 Å². The molecular weight excluding hydrogens is 543 g/mol. The van der Waals surface area contributed by atoms with E-state index >= 15 is 0 Å². The van der Waals surface area contributed by atoms with Crippen LogP contribution in [0.1, 0.15) is 70.3 Å². The van der Waals surface area contributed by atoms with Gasteiger partial charge in [0.1, 0.15) is 35.9 Å². The van der Waals surface area contributed by atoms with Gasteiger partial charge in [-0.05, 0) is 75.8 Å². The predicted molar refractivity (Wildman–Crippen MR) is 153 cm³/mol. The van der Waals surface area contributed by atoms with Gasteiger partial charge >= 0.3 is 18.8 Å². The quantitative estimate of drug-likeness (QED) is 0.202. The summed E-state index contributed by atoms with van der Waals surface area (Å²) in [6.45, 7) is 11.8. The van der Waals surface area contributed by atoms with E-state index in [0.717, 1.165) is 19.0 Å². The third-order valence-electron chi connectivity index (χ3n) is 9.14. The zero-order valence-electron chi connectivity index (χ0n) is 25.2. The highest BCUT2D eigenvalue weighted by molar-refractivity contribution is 6.48. The first kappa shape index (κ1) is 30.0. The average Bonchev–Trinajstić information content (AvgIpc) is 3.50. The van der Waals surface area contributed by atoms with Crippen LogP contribution in [-0.4, -0.2) is 64.1 Å². The lowest BCUT2D eigenvalue weighted by Gasteiger charge is -2.64. The molecule has 1 N–H and O–H groups in total. The molecule has 0 spiro atoms. The molecule has 3 aliphatic carbocycles. The Morgan fingerprint density at radius 1 is 1.29 bits per heavy atom. The molecule has 1 aromatic carbocycles. The zero-order chi connectivity index (χ0) is 30.6. The molecule has 3 saturated carbocycles. The summed E-state index contributed by atoms with van der Waals surface area (Å²) in [5.41, 5.74) is -0.321. The molecule has 2 aromatic rings. The number of nitro groups is 1. The first-order valence-corrected chi connectivity index (χ1v) is 14.3. The Bertz CT molecular complexity index is 1390. The number of carbonyl (C=O) groups is 2. The van der Waals surface area contributed by atoms with Crippen molar-refractivity contribution >= 4 is 24.7 Å². The van der Waals surface area contributed by atoms with Gasteiger partial charge in [0, 0.05) is 0 Å². The van der Waals surface area contributed by atoms with Crippen LogP contribution in [0.5, 0.6) is 5.75 Å². The first-order chi connectivity index (χ1) is 19.6. The number of aromatic nitrogens is 2. The number of amides is 1. The van der Waals surface area contributed by atoms with Gasteiger partial charge in [-0.25, -0.2) is 4.79 Å². The van der Waals surface area contributed by atoms with Crippen molar-refractivity contribution in [2.45, 2.75) is 90.6 Å². The second-order valence-electron chi connectivity index (χ2n) is 13.4. The fraction of sp³-hybridized carbons (Fsp3) is 0.621. The summed E-state index contributed by atoms with van der Waals surface area (Å²) in [5, 5.41) is 18.0. The van der Waals surface area contributed by atoms with Gasteiger partial charge in [0.2, 0.25) is 5.91 Å². The number of para-hydroxylation sites is 1. The highest BCUT2D eigenvalue weighted by Crippen LogP contribution is 2.65. The third-order valence-corrected chi connectivity index (χ3v) is 9.14. The Morgan fingerprint density at radius 3 is 2.64 bits per heavy atom. The minimum atomic E-state index is -0.763. The Hall–Kier alpha value is -3.45. The molecule has 2 heterocycles. The molecule has 2 bridgehead atoms. The van der Waals surface area contributed by atoms with Crippen LogP contribution in [0.2, 0.25) is 0 Å². The highest BCUT2D eigenvalue weighted by Gasteiger charge is 2.68. The fourth-order valence-corrected chi connectivity index (χ4v) is 6.94. The van der Waals surface area contributed by atoms with E-state index in [1.165, 1.54) is 18.0 Å². The molecule has 12 nitrogen and oxygen atoms in total. The normalized spacial score (nSPS) is 26.5. The summed E-state index contributed by atoms with van der Waals surface area (Å²) < 4.78 is 25.7. The molecule has 13 heteroatoms. The van der Waals surface area contributed by atoms with Crippen molar-refractivity contribution < 1.29 is 33.3 Å². The first-order valence-electron chi connectivity index (χ1n) is 14.3. The van der Waals surface area contributed by atoms with Crippen molar-refractivity contribution in [2.75, 3.05) is 7.11 Å². The minimum Gasteiger partial charge on any atom is -0.496 e. The van der Waals surface area contributed by atoms with Crippen LogP contribution in [0, 0.1) is 27.4 Å². The summed E-state index contributed by atoms with van der Waals surface area (Å²) in [7, 11) is 0.721. The number of hydrogen-bond acceptors (Lipinski definition) is 9. The van der Waals surface area contributed by atoms with Crippen LogP contribution in [0.15, 0.2) is 30.6 Å². The molecule has 5 atom stereocenters. The number of methoxy groups -OCH3 is 1. The zero-order valence-corrected chi connectivity index (χ0v) is 25.2. The average molecular weight is 582 g/mol. The molecule has 4 fully saturated rings. The van der Waals surface area contributed by atoms with Crippen LogP contribution >= 0.6 is 0 Å². The second kappa shape index (κ2) is 10.7. The summed E-state index contributed by atoms with van der Waals surface area (Å²) in [6.07, 6.45) is 4.39. The Labute approximate surface area is 245 Å². The van der Waals surface area contributed by atoms with Crippen molar-refractivity contribution in [1.82, 2.24) is 15.1 Å². The van der Waals surface area contributed by atoms with Crippen molar-refractivity contribution in [3.8, 4) is 5.75 Å². The maximum Gasteiger partial charge on any atom is 0.482 e. The number of esters is 1. The van der Waals surface area contributed by atoms with Crippen molar-refractivity contribution in [1.29, 1.82) is 0 Å². The van der Waals surface area contributed by atoms with Gasteiger partial charge < -0.3 is 24.1 Å². The van der Waals surface area contributed by atoms with Crippen molar-refractivity contribution in [3.05, 3.63) is 51.8 Å². The van der Waals surface area contributed by atoms with E-state index in [-0.39, 0.29) is 35.7 Å². The topological polar surface area (TPSA) is 144 Å². The summed E-state index contributed by atoms with van der Waals surface area (Å²) >= 11 is 0. The number of carbonyl (C=O) groups excluding carboxylic acids is 2. The number of nitrogens with one attached hydrogen (secondary N) is 1. The lowest BCUT2D eigenvalue weighted by atomic mass is 9.43. The van der Waals surface area contributed by atoms with Crippen LogP contribution in [0.3, 0.4) is 0 Å². The van der Waals surface area contributed by atoms with Crippen LogP contribution in [0.4, 0.5) is 5.69 Å². The monoisotopic (exact) mass is 582 g/mol. The van der Waals surface area contributed by atoms with Gasteiger partial charge in [-0.15, -0.1) is 0 Å². The molecule has 42 heavy (non-hydrogen) atoms. The Kier molecular flexibility index (Phi) is 7.63. The molecule has 226 valence electrons. The van der Waals surface area contributed by atoms with E-state index in [4.69, 9.17) is 18.8 Å². The minimum absolute atomic E-state index is 0.109. The largest absolute Gasteiger partial charge is 0.496 e. The Balaban J connectivity index is 1.42. The molecule has 4 aliphatic rings. The van der Waals surface area contributed by atoms with Crippen molar-refractivity contribution in [2.24, 2.45) is 17.3 Å². The fourth-order valence-electron chi connectivity index (χ4n) is 6.94. The standard InChI is InChI=1S/C29H39BN4O8/c1-27(2,3)40-26(36)20-10-8-9-17(25(20)39-7)11-23(32-24(35)16-33-15-19(14-31-33)34(37)38)30-41-22-13-18-12-21(28(18,4)5)29(22,6)42-30/h8-10,14-15,18,21-23H,11-13,16H2,1-7H3,(H,32,35)/t18-,21-,22+,23?,29-/m0/s1. The Morgan fingerprint density at radius 2 is 2.02 bits per heavy atom. The number of benzene rings is 1. The molecule has 1 unspecified atom stereocenters. The molecule has 0 radical (unpaired) electrons. The lowest BCUT2D eigenvalue weighted by molar-refractivity contribution is -0.385. The van der Waals surface area contributed by atoms with E-state index in [1.807, 2.05) is 6.07 Å². The predicted octanol–water partition coefficient (Wildman–Crippen LogP) is 3.75. The molecule has 1 aliphatic heterocycles. The van der Waals surface area contributed by atoms with E-state index in [2.05, 4.69) is 31.2 Å². The summed E-state index contributed by atoms with van der Waals surface area (Å²) in [4.78, 5) is 36.8. The number of nitrogens with zero attached hydrogens (tertiary/aromatic N) is 3. The van der Waals surface area contributed by atoms with Gasteiger partial charge in [0.15, 0.2) is 0 Å². The van der Waals surface area contributed by atoms with Gasteiger partial charge in [-0.2, -0.15) is 5.10 Å². The van der Waals surface area contributed by atoms with Crippen LogP contribution in [-0.2, 0) is 31.8 Å². The van der Waals surface area contributed by atoms with Gasteiger partial charge in [0.05, 0.1) is 29.7 Å².